The van der Waals surface area contributed by atoms with Crippen molar-refractivity contribution in [1.29, 1.82) is 0 Å². The van der Waals surface area contributed by atoms with Gasteiger partial charge in [-0.05, 0) is 54.7 Å². The van der Waals surface area contributed by atoms with Crippen molar-refractivity contribution in [2.24, 2.45) is 10.7 Å². The summed E-state index contributed by atoms with van der Waals surface area (Å²) in [4.78, 5) is 47.6. The predicted molar refractivity (Wildman–Crippen MR) is 155 cm³/mol. The molecule has 3 amide bonds. The zero-order chi connectivity index (χ0) is 27.8. The van der Waals surface area contributed by atoms with Gasteiger partial charge in [-0.25, -0.2) is 9.79 Å². The average molecular weight is 518 g/mol. The van der Waals surface area contributed by atoms with Gasteiger partial charge in [0.15, 0.2) is 6.29 Å². The van der Waals surface area contributed by atoms with E-state index in [2.05, 4.69) is 18.8 Å². The fraction of sp³-hybridized carbons (Fsp3) is 0.400. The van der Waals surface area contributed by atoms with E-state index in [0.29, 0.717) is 54.4 Å². The molecule has 2 aromatic carbocycles. The summed E-state index contributed by atoms with van der Waals surface area (Å²) in [6.45, 7) is 8.17. The zero-order valence-electron chi connectivity index (χ0n) is 23.2. The molecule has 0 saturated carbocycles. The Morgan fingerprint density at radius 1 is 0.947 bits per heavy atom. The molecule has 0 aliphatic carbocycles. The molecule has 38 heavy (non-hydrogen) atoms. The first kappa shape index (κ1) is 28.6. The van der Waals surface area contributed by atoms with E-state index in [9.17, 15) is 14.4 Å². The van der Waals surface area contributed by atoms with Crippen molar-refractivity contribution in [2.75, 3.05) is 38.6 Å². The number of aliphatic imine (C=N–C) groups is 1. The van der Waals surface area contributed by atoms with Crippen molar-refractivity contribution in [2.45, 2.75) is 46.5 Å². The molecule has 0 aromatic heterocycles. The van der Waals surface area contributed by atoms with Crippen molar-refractivity contribution in [3.63, 3.8) is 0 Å². The summed E-state index contributed by atoms with van der Waals surface area (Å²) in [6.07, 6.45) is 5.57. The van der Waals surface area contributed by atoms with E-state index in [0.717, 1.165) is 42.2 Å². The quantitative estimate of drug-likeness (QED) is 0.421. The zero-order valence-corrected chi connectivity index (χ0v) is 23.2. The number of nitrogens with zero attached hydrogens (tertiary/aromatic N) is 4. The average Bonchev–Trinajstić information content (AvgIpc) is 3.08. The fourth-order valence-electron chi connectivity index (χ4n) is 4.67. The number of amides is 3. The molecule has 1 aliphatic heterocycles. The number of fused-ring (bicyclic) bond motifs is 1. The minimum absolute atomic E-state index is 0.00128. The third kappa shape index (κ3) is 6.49. The molecule has 0 unspecified atom stereocenters. The van der Waals surface area contributed by atoms with Gasteiger partial charge in [0.05, 0.1) is 11.4 Å². The molecular formula is C30H39N5O3. The van der Waals surface area contributed by atoms with Gasteiger partial charge in [-0.1, -0.05) is 39.0 Å². The van der Waals surface area contributed by atoms with Crippen molar-refractivity contribution in [3.8, 4) is 11.1 Å². The number of hydrogen-bond donors (Lipinski definition) is 1. The highest BCUT2D eigenvalue weighted by Crippen LogP contribution is 2.34. The monoisotopic (exact) mass is 517 g/mol. The molecule has 2 N–H and O–H groups in total. The van der Waals surface area contributed by atoms with Crippen LogP contribution in [0.1, 0.15) is 62.4 Å². The fourth-order valence-corrected chi connectivity index (χ4v) is 4.67. The van der Waals surface area contributed by atoms with Gasteiger partial charge in [-0.2, -0.15) is 0 Å². The van der Waals surface area contributed by atoms with Crippen LogP contribution in [0.15, 0.2) is 47.0 Å². The van der Waals surface area contributed by atoms with Crippen LogP contribution >= 0.6 is 0 Å². The molecule has 202 valence electrons. The SMILES string of the molecule is CCCN(C)C(=O)N(C)c1cc(-c2ccc3c(c2)N=C(N)CC(C(=O)N(CCC)CCC)=C3)ccc1C=O. The van der Waals surface area contributed by atoms with E-state index in [1.807, 2.05) is 48.2 Å². The maximum absolute atomic E-state index is 13.3. The summed E-state index contributed by atoms with van der Waals surface area (Å²) in [7, 11) is 3.42. The Morgan fingerprint density at radius 2 is 1.58 bits per heavy atom. The number of amidine groups is 1. The van der Waals surface area contributed by atoms with E-state index in [4.69, 9.17) is 5.73 Å². The Hall–Kier alpha value is -3.94. The highest BCUT2D eigenvalue weighted by Gasteiger charge is 2.22. The Kier molecular flexibility index (Phi) is 9.82. The van der Waals surface area contributed by atoms with Crippen molar-refractivity contribution in [3.05, 3.63) is 53.1 Å². The predicted octanol–water partition coefficient (Wildman–Crippen LogP) is 5.49. The second kappa shape index (κ2) is 13.0. The van der Waals surface area contributed by atoms with E-state index < -0.39 is 0 Å². The number of anilines is 1. The van der Waals surface area contributed by atoms with Crippen LogP contribution in [0.25, 0.3) is 17.2 Å². The van der Waals surface area contributed by atoms with Crippen LogP contribution in [-0.2, 0) is 4.79 Å². The largest absolute Gasteiger partial charge is 0.387 e. The third-order valence-corrected chi connectivity index (χ3v) is 6.57. The lowest BCUT2D eigenvalue weighted by molar-refractivity contribution is -0.127. The summed E-state index contributed by atoms with van der Waals surface area (Å²) in [5, 5.41) is 0. The molecule has 0 bridgehead atoms. The molecule has 8 heteroatoms. The molecule has 3 rings (SSSR count). The van der Waals surface area contributed by atoms with Crippen LogP contribution in [0.4, 0.5) is 16.2 Å². The highest BCUT2D eigenvalue weighted by molar-refractivity contribution is 6.06. The lowest BCUT2D eigenvalue weighted by Gasteiger charge is -2.26. The topological polar surface area (TPSA) is 99.3 Å². The first-order chi connectivity index (χ1) is 18.2. The smallest absolute Gasteiger partial charge is 0.323 e. The molecule has 0 saturated heterocycles. The van der Waals surface area contributed by atoms with Gasteiger partial charge in [0.25, 0.3) is 0 Å². The Bertz CT molecular complexity index is 1240. The van der Waals surface area contributed by atoms with Crippen LogP contribution in [0.3, 0.4) is 0 Å². The summed E-state index contributed by atoms with van der Waals surface area (Å²) in [5.41, 5.74) is 11.0. The lowest BCUT2D eigenvalue weighted by Crippen LogP contribution is -2.39. The van der Waals surface area contributed by atoms with Crippen LogP contribution in [0.2, 0.25) is 0 Å². The minimum atomic E-state index is -0.186. The molecule has 8 nitrogen and oxygen atoms in total. The maximum atomic E-state index is 13.3. The number of nitrogens with two attached hydrogens (primary N) is 1. The summed E-state index contributed by atoms with van der Waals surface area (Å²) >= 11 is 0. The first-order valence-electron chi connectivity index (χ1n) is 13.3. The van der Waals surface area contributed by atoms with E-state index in [1.165, 1.54) is 4.90 Å². The Morgan fingerprint density at radius 3 is 2.21 bits per heavy atom. The molecule has 1 heterocycles. The summed E-state index contributed by atoms with van der Waals surface area (Å²) in [5.74, 6) is 0.383. The number of rotatable bonds is 10. The first-order valence-corrected chi connectivity index (χ1v) is 13.3. The van der Waals surface area contributed by atoms with Gasteiger partial charge in [0.1, 0.15) is 5.84 Å². The number of carbonyl (C=O) groups is 3. The molecule has 0 fully saturated rings. The van der Waals surface area contributed by atoms with E-state index in [1.54, 1.807) is 25.1 Å². The standard InChI is InChI=1S/C30H39N5O3/c1-6-13-33(4)30(38)34(5)27-18-22(10-12-24(27)20-36)21-9-11-23-16-25(19-28(31)32-26(23)17-21)29(37)35(14-7-2)15-8-3/h9-12,16-18,20H,6-8,13-15,19H2,1-5H3,(H2,31,32). The molecule has 1 aliphatic rings. The number of carbonyl (C=O) groups excluding carboxylic acids is 3. The third-order valence-electron chi connectivity index (χ3n) is 6.57. The maximum Gasteiger partial charge on any atom is 0.323 e. The van der Waals surface area contributed by atoms with Crippen molar-refractivity contribution < 1.29 is 14.4 Å². The highest BCUT2D eigenvalue weighted by atomic mass is 16.2. The Labute approximate surface area is 225 Å². The van der Waals surface area contributed by atoms with Gasteiger partial charge in [0.2, 0.25) is 5.91 Å². The molecule has 0 spiro atoms. The van der Waals surface area contributed by atoms with Gasteiger partial charge in [-0.15, -0.1) is 0 Å². The summed E-state index contributed by atoms with van der Waals surface area (Å²) < 4.78 is 0. The second-order valence-electron chi connectivity index (χ2n) is 9.67. The van der Waals surface area contributed by atoms with Gasteiger partial charge in [0, 0.05) is 56.9 Å². The minimum Gasteiger partial charge on any atom is -0.387 e. The van der Waals surface area contributed by atoms with E-state index >= 15 is 0 Å². The summed E-state index contributed by atoms with van der Waals surface area (Å²) in [6, 6.07) is 11.0. The molecule has 2 aromatic rings. The normalized spacial score (nSPS) is 12.6. The molecule has 0 radical (unpaired) electrons. The van der Waals surface area contributed by atoms with Gasteiger partial charge in [-0.3, -0.25) is 14.5 Å². The lowest BCUT2D eigenvalue weighted by atomic mass is 9.99. The van der Waals surface area contributed by atoms with Crippen molar-refractivity contribution >= 4 is 41.5 Å². The van der Waals surface area contributed by atoms with Crippen molar-refractivity contribution in [1.82, 2.24) is 9.80 Å². The van der Waals surface area contributed by atoms with Crippen LogP contribution in [-0.4, -0.2) is 67.6 Å². The van der Waals surface area contributed by atoms with Gasteiger partial charge < -0.3 is 15.5 Å². The Balaban J connectivity index is 1.99. The number of aldehydes is 1. The molecule has 0 atom stereocenters. The van der Waals surface area contributed by atoms with Gasteiger partial charge >= 0.3 is 6.03 Å². The van der Waals surface area contributed by atoms with E-state index in [-0.39, 0.29) is 11.9 Å². The van der Waals surface area contributed by atoms with Crippen LogP contribution < -0.4 is 10.6 Å². The van der Waals surface area contributed by atoms with Crippen LogP contribution in [0.5, 0.6) is 0 Å². The number of urea groups is 1. The second-order valence-corrected chi connectivity index (χ2v) is 9.67. The number of hydrogen-bond acceptors (Lipinski definition) is 5. The molecular weight excluding hydrogens is 478 g/mol. The van der Waals surface area contributed by atoms with Crippen LogP contribution in [0, 0.1) is 0 Å². The number of benzene rings is 2.